The molecule has 0 unspecified atom stereocenters. The topological polar surface area (TPSA) is 88.9 Å². The zero-order valence-corrected chi connectivity index (χ0v) is 19.0. The molecule has 4 rings (SSSR count). The lowest BCUT2D eigenvalue weighted by atomic mass is 9.80. The van der Waals surface area contributed by atoms with Crippen molar-refractivity contribution in [1.82, 2.24) is 20.1 Å². The predicted octanol–water partition coefficient (Wildman–Crippen LogP) is 4.75. The van der Waals surface area contributed by atoms with Crippen molar-refractivity contribution in [3.63, 3.8) is 0 Å². The predicted molar refractivity (Wildman–Crippen MR) is 122 cm³/mol. The highest BCUT2D eigenvalue weighted by atomic mass is 79.9. The average molecular weight is 503 g/mol. The molecule has 160 valence electrons. The summed E-state index contributed by atoms with van der Waals surface area (Å²) in [6.45, 7) is 0. The molecule has 9 heteroatoms. The fourth-order valence-corrected chi connectivity index (χ4v) is 4.40. The molecule has 1 aliphatic rings. The van der Waals surface area contributed by atoms with Gasteiger partial charge in [-0.05, 0) is 53.0 Å². The van der Waals surface area contributed by atoms with E-state index >= 15 is 0 Å². The third-order valence-electron chi connectivity index (χ3n) is 5.38. The first-order valence-corrected chi connectivity index (χ1v) is 11.2. The number of aromatic nitrogens is 3. The van der Waals surface area contributed by atoms with E-state index in [0.717, 1.165) is 19.3 Å². The Morgan fingerprint density at radius 2 is 1.81 bits per heavy atom. The molecule has 0 radical (unpaired) electrons. The summed E-state index contributed by atoms with van der Waals surface area (Å²) in [4.78, 5) is 30.9. The summed E-state index contributed by atoms with van der Waals surface area (Å²) < 4.78 is 1.85. The monoisotopic (exact) mass is 501 g/mol. The van der Waals surface area contributed by atoms with Crippen molar-refractivity contribution in [3.05, 3.63) is 70.0 Å². The normalized spacial score (nSPS) is 15.3. The van der Waals surface area contributed by atoms with Crippen LogP contribution in [0.2, 0.25) is 5.02 Å². The smallest absolute Gasteiger partial charge is 0.270 e. The SMILES string of the molecule is O=C(NC1(C(=O)Nc2ccccc2)CCCCC1)c1cc(Br)nn1-c1ncccc1Cl. The van der Waals surface area contributed by atoms with E-state index in [1.165, 1.54) is 4.68 Å². The lowest BCUT2D eigenvalue weighted by Gasteiger charge is -2.36. The fourth-order valence-electron chi connectivity index (χ4n) is 3.83. The molecule has 0 aliphatic heterocycles. The fraction of sp³-hybridized carbons (Fsp3) is 0.273. The van der Waals surface area contributed by atoms with Crippen LogP contribution in [0.5, 0.6) is 0 Å². The number of nitrogens with zero attached hydrogens (tertiary/aromatic N) is 3. The molecule has 7 nitrogen and oxygen atoms in total. The number of nitrogens with one attached hydrogen (secondary N) is 2. The van der Waals surface area contributed by atoms with Crippen LogP contribution in [-0.2, 0) is 4.79 Å². The minimum Gasteiger partial charge on any atom is -0.336 e. The molecule has 1 aromatic carbocycles. The van der Waals surface area contributed by atoms with Gasteiger partial charge < -0.3 is 10.6 Å². The molecule has 1 saturated carbocycles. The van der Waals surface area contributed by atoms with Crippen molar-refractivity contribution in [2.24, 2.45) is 0 Å². The molecular formula is C22H21BrClN5O2. The van der Waals surface area contributed by atoms with Crippen LogP contribution in [0.3, 0.4) is 0 Å². The van der Waals surface area contributed by atoms with Crippen LogP contribution in [0.4, 0.5) is 5.69 Å². The maximum atomic E-state index is 13.4. The number of carbonyl (C=O) groups excluding carboxylic acids is 2. The molecular weight excluding hydrogens is 482 g/mol. The van der Waals surface area contributed by atoms with Gasteiger partial charge in [-0.25, -0.2) is 9.67 Å². The first-order chi connectivity index (χ1) is 15.0. The van der Waals surface area contributed by atoms with E-state index in [0.29, 0.717) is 34.0 Å². The molecule has 0 spiro atoms. The summed E-state index contributed by atoms with van der Waals surface area (Å²) in [6, 6.07) is 14.2. The van der Waals surface area contributed by atoms with Crippen molar-refractivity contribution < 1.29 is 9.59 Å². The Balaban J connectivity index is 1.64. The van der Waals surface area contributed by atoms with Gasteiger partial charge in [-0.1, -0.05) is 49.1 Å². The summed E-state index contributed by atoms with van der Waals surface area (Å²) in [5, 5.41) is 10.6. The second-order valence-electron chi connectivity index (χ2n) is 7.49. The van der Waals surface area contributed by atoms with Crippen LogP contribution in [0.25, 0.3) is 5.82 Å². The van der Waals surface area contributed by atoms with Crippen molar-refractivity contribution in [3.8, 4) is 5.82 Å². The Hall–Kier alpha value is -2.71. The van der Waals surface area contributed by atoms with E-state index < -0.39 is 11.4 Å². The maximum absolute atomic E-state index is 13.4. The van der Waals surface area contributed by atoms with E-state index in [2.05, 4.69) is 36.6 Å². The molecule has 2 amide bonds. The van der Waals surface area contributed by atoms with Gasteiger partial charge >= 0.3 is 0 Å². The van der Waals surface area contributed by atoms with Crippen molar-refractivity contribution in [2.75, 3.05) is 5.32 Å². The van der Waals surface area contributed by atoms with Crippen LogP contribution < -0.4 is 10.6 Å². The lowest BCUT2D eigenvalue weighted by molar-refractivity contribution is -0.123. The second kappa shape index (κ2) is 9.20. The Kier molecular flexibility index (Phi) is 6.38. The molecule has 0 saturated heterocycles. The highest BCUT2D eigenvalue weighted by Crippen LogP contribution is 2.31. The van der Waals surface area contributed by atoms with Gasteiger partial charge in [0, 0.05) is 18.0 Å². The number of rotatable bonds is 5. The minimum absolute atomic E-state index is 0.215. The maximum Gasteiger partial charge on any atom is 0.270 e. The number of carbonyl (C=O) groups is 2. The molecule has 1 aliphatic carbocycles. The van der Waals surface area contributed by atoms with E-state index in [1.54, 1.807) is 24.4 Å². The average Bonchev–Trinajstić information content (AvgIpc) is 3.17. The lowest BCUT2D eigenvalue weighted by Crippen LogP contribution is -2.58. The molecule has 1 fully saturated rings. The standard InChI is InChI=1S/C22H21BrClN5O2/c23-18-14-17(29(28-18)19-16(24)10-7-13-25-19)20(30)27-22(11-5-2-6-12-22)21(31)26-15-8-3-1-4-9-15/h1,3-4,7-10,13-14H,2,5-6,11-12H2,(H,26,31)(H,27,30). The number of hydrogen-bond acceptors (Lipinski definition) is 4. The highest BCUT2D eigenvalue weighted by molar-refractivity contribution is 9.10. The van der Waals surface area contributed by atoms with Gasteiger partial charge in [-0.3, -0.25) is 9.59 Å². The van der Waals surface area contributed by atoms with Gasteiger partial charge in [0.05, 0.1) is 5.02 Å². The Bertz CT molecular complexity index is 1100. The number of amides is 2. The van der Waals surface area contributed by atoms with Gasteiger partial charge in [0.25, 0.3) is 5.91 Å². The van der Waals surface area contributed by atoms with E-state index in [1.807, 2.05) is 30.3 Å². The molecule has 2 N–H and O–H groups in total. The number of benzene rings is 1. The third kappa shape index (κ3) is 4.65. The Morgan fingerprint density at radius 3 is 2.52 bits per heavy atom. The Morgan fingerprint density at radius 1 is 1.06 bits per heavy atom. The number of anilines is 1. The largest absolute Gasteiger partial charge is 0.336 e. The quantitative estimate of drug-likeness (QED) is 0.527. The molecule has 0 atom stereocenters. The second-order valence-corrected chi connectivity index (χ2v) is 8.71. The molecule has 31 heavy (non-hydrogen) atoms. The van der Waals surface area contributed by atoms with E-state index in [9.17, 15) is 9.59 Å². The van der Waals surface area contributed by atoms with Gasteiger partial charge in [0.1, 0.15) is 15.8 Å². The first-order valence-electron chi connectivity index (χ1n) is 10.0. The summed E-state index contributed by atoms with van der Waals surface area (Å²) in [5.41, 5.74) is -0.0644. The summed E-state index contributed by atoms with van der Waals surface area (Å²) in [6.07, 6.45) is 5.46. The summed E-state index contributed by atoms with van der Waals surface area (Å²) >= 11 is 9.59. The third-order valence-corrected chi connectivity index (χ3v) is 6.06. The van der Waals surface area contributed by atoms with E-state index in [-0.39, 0.29) is 11.6 Å². The minimum atomic E-state index is -0.999. The number of pyridine rings is 1. The zero-order chi connectivity index (χ0) is 21.8. The highest BCUT2D eigenvalue weighted by Gasteiger charge is 2.41. The summed E-state index contributed by atoms with van der Waals surface area (Å²) in [7, 11) is 0. The van der Waals surface area contributed by atoms with Gasteiger partial charge in [0.15, 0.2) is 5.82 Å². The van der Waals surface area contributed by atoms with E-state index in [4.69, 9.17) is 11.6 Å². The van der Waals surface area contributed by atoms with Crippen LogP contribution in [-0.4, -0.2) is 32.1 Å². The van der Waals surface area contributed by atoms with Gasteiger partial charge in [0.2, 0.25) is 5.91 Å². The van der Waals surface area contributed by atoms with Crippen LogP contribution in [0.1, 0.15) is 42.6 Å². The zero-order valence-electron chi connectivity index (χ0n) is 16.6. The number of hydrogen-bond donors (Lipinski definition) is 2. The molecule has 2 heterocycles. The molecule has 3 aromatic rings. The van der Waals surface area contributed by atoms with Crippen LogP contribution >= 0.6 is 27.5 Å². The number of halogens is 2. The van der Waals surface area contributed by atoms with Gasteiger partial charge in [-0.15, -0.1) is 0 Å². The van der Waals surface area contributed by atoms with Crippen molar-refractivity contribution in [2.45, 2.75) is 37.6 Å². The van der Waals surface area contributed by atoms with Crippen LogP contribution in [0, 0.1) is 0 Å². The first kappa shape index (κ1) is 21.5. The van der Waals surface area contributed by atoms with Crippen molar-refractivity contribution in [1.29, 1.82) is 0 Å². The van der Waals surface area contributed by atoms with Crippen LogP contribution in [0.15, 0.2) is 59.3 Å². The molecule has 0 bridgehead atoms. The number of para-hydroxylation sites is 1. The Labute approximate surface area is 193 Å². The summed E-state index contributed by atoms with van der Waals surface area (Å²) in [5.74, 6) is -0.288. The van der Waals surface area contributed by atoms with Gasteiger partial charge in [-0.2, -0.15) is 5.10 Å². The van der Waals surface area contributed by atoms with Crippen molar-refractivity contribution >= 4 is 45.0 Å². The molecule has 2 aromatic heterocycles.